The minimum atomic E-state index is 0.636. The molecule has 0 aromatic rings. The van der Waals surface area contributed by atoms with Crippen molar-refractivity contribution in [3.8, 4) is 0 Å². The lowest BCUT2D eigenvalue weighted by molar-refractivity contribution is 0.135. The Bertz CT molecular complexity index is 702. The van der Waals surface area contributed by atoms with E-state index < -0.39 is 0 Å². The van der Waals surface area contributed by atoms with Crippen LogP contribution >= 0.6 is 0 Å². The summed E-state index contributed by atoms with van der Waals surface area (Å²) in [5.74, 6) is 0. The third-order valence-corrected chi connectivity index (χ3v) is 12.6. The molecule has 2 heteroatoms. The molecule has 1 rings (SSSR count). The SMILES string of the molecule is CCCCCCCCCCCCCCCCCCCC1N(CCCCCCCCCCCCCC)C=CN1CCCCCCCCCCCCCCC. The Balaban J connectivity index is 2.19. The maximum absolute atomic E-state index is 2.74. The molecule has 0 aliphatic carbocycles. The zero-order valence-electron chi connectivity index (χ0n) is 37.4. The fraction of sp³-hybridized carbons (Fsp3) is 0.961. The topological polar surface area (TPSA) is 6.48 Å². The van der Waals surface area contributed by atoms with Crippen LogP contribution in [0.3, 0.4) is 0 Å². The fourth-order valence-corrected chi connectivity index (χ4v) is 8.84. The largest absolute Gasteiger partial charge is 0.356 e. The number of hydrogen-bond donors (Lipinski definition) is 0. The third-order valence-electron chi connectivity index (χ3n) is 12.6. The first-order valence-corrected chi connectivity index (χ1v) is 25.5. The van der Waals surface area contributed by atoms with Gasteiger partial charge >= 0.3 is 0 Å². The predicted octanol–water partition coefficient (Wildman–Crippen LogP) is 18.2. The van der Waals surface area contributed by atoms with Gasteiger partial charge in [0.25, 0.3) is 0 Å². The summed E-state index contributed by atoms with van der Waals surface area (Å²) < 4.78 is 0. The summed E-state index contributed by atoms with van der Waals surface area (Å²) in [7, 11) is 0. The van der Waals surface area contributed by atoms with Crippen molar-refractivity contribution in [2.45, 2.75) is 303 Å². The zero-order chi connectivity index (χ0) is 38.0. The second-order valence-corrected chi connectivity index (χ2v) is 17.8. The van der Waals surface area contributed by atoms with Crippen LogP contribution in [0.25, 0.3) is 0 Å². The van der Waals surface area contributed by atoms with Crippen LogP contribution in [-0.4, -0.2) is 29.1 Å². The molecule has 0 radical (unpaired) electrons. The highest BCUT2D eigenvalue weighted by molar-refractivity contribution is 4.97. The summed E-state index contributed by atoms with van der Waals surface area (Å²) in [5, 5.41) is 0. The Morgan fingerprint density at radius 3 is 0.660 bits per heavy atom. The van der Waals surface area contributed by atoms with Crippen molar-refractivity contribution in [2.75, 3.05) is 13.1 Å². The van der Waals surface area contributed by atoms with Crippen LogP contribution in [0.2, 0.25) is 0 Å². The Labute approximate surface area is 337 Å². The van der Waals surface area contributed by atoms with E-state index in [4.69, 9.17) is 0 Å². The van der Waals surface area contributed by atoms with Gasteiger partial charge in [0.2, 0.25) is 0 Å². The average Bonchev–Trinajstić information content (AvgIpc) is 3.55. The maximum Gasteiger partial charge on any atom is 0.101 e. The summed E-state index contributed by atoms with van der Waals surface area (Å²) >= 11 is 0. The van der Waals surface area contributed by atoms with E-state index in [1.54, 1.807) is 0 Å². The number of nitrogens with zero attached hydrogens (tertiary/aromatic N) is 2. The van der Waals surface area contributed by atoms with Gasteiger partial charge < -0.3 is 9.80 Å². The summed E-state index contributed by atoms with van der Waals surface area (Å²) in [6.45, 7) is 9.49. The van der Waals surface area contributed by atoms with Gasteiger partial charge in [0.1, 0.15) is 6.17 Å². The van der Waals surface area contributed by atoms with E-state index >= 15 is 0 Å². The molecule has 0 fully saturated rings. The third kappa shape index (κ3) is 34.3. The molecular weight excluding hydrogens is 641 g/mol. The van der Waals surface area contributed by atoms with E-state index in [1.807, 2.05) is 0 Å². The van der Waals surface area contributed by atoms with Gasteiger partial charge in [-0.15, -0.1) is 0 Å². The standard InChI is InChI=1S/C51H102N2/c1-4-7-10-13-16-19-22-25-26-27-28-29-31-34-37-40-43-46-51-52(47-44-41-38-35-32-24-21-18-15-12-9-6-3)49-50-53(51)48-45-42-39-36-33-30-23-20-17-14-11-8-5-2/h49-51H,4-48H2,1-3H3. The minimum Gasteiger partial charge on any atom is -0.356 e. The van der Waals surface area contributed by atoms with E-state index in [0.29, 0.717) is 6.17 Å². The second-order valence-electron chi connectivity index (χ2n) is 17.8. The van der Waals surface area contributed by atoms with Crippen molar-refractivity contribution in [3.05, 3.63) is 12.4 Å². The van der Waals surface area contributed by atoms with Crippen LogP contribution in [0.15, 0.2) is 12.4 Å². The highest BCUT2D eigenvalue weighted by Crippen LogP contribution is 2.24. The highest BCUT2D eigenvalue weighted by atomic mass is 15.4. The molecule has 0 amide bonds. The van der Waals surface area contributed by atoms with E-state index in [9.17, 15) is 0 Å². The molecule has 2 nitrogen and oxygen atoms in total. The summed E-state index contributed by atoms with van der Waals surface area (Å²) in [6, 6.07) is 0. The first-order chi connectivity index (χ1) is 26.3. The van der Waals surface area contributed by atoms with Crippen molar-refractivity contribution in [1.29, 1.82) is 0 Å². The molecule has 0 saturated heterocycles. The molecule has 0 aromatic carbocycles. The van der Waals surface area contributed by atoms with Gasteiger partial charge in [0.05, 0.1) is 0 Å². The zero-order valence-corrected chi connectivity index (χ0v) is 37.4. The number of unbranched alkanes of at least 4 members (excludes halogenated alkanes) is 39. The predicted molar refractivity (Wildman–Crippen MR) is 242 cm³/mol. The molecular formula is C51H102N2. The van der Waals surface area contributed by atoms with Crippen LogP contribution in [0.5, 0.6) is 0 Å². The maximum atomic E-state index is 2.74. The first kappa shape index (κ1) is 50.4. The molecule has 1 heterocycles. The van der Waals surface area contributed by atoms with Crippen LogP contribution in [0, 0.1) is 0 Å². The Hall–Kier alpha value is -0.660. The van der Waals surface area contributed by atoms with Gasteiger partial charge in [-0.1, -0.05) is 271 Å². The molecule has 1 aliphatic heterocycles. The van der Waals surface area contributed by atoms with Crippen molar-refractivity contribution in [1.82, 2.24) is 9.80 Å². The summed E-state index contributed by atoms with van der Waals surface area (Å²) in [4.78, 5) is 5.48. The monoisotopic (exact) mass is 743 g/mol. The average molecular weight is 743 g/mol. The van der Waals surface area contributed by atoms with Crippen molar-refractivity contribution < 1.29 is 0 Å². The number of hydrogen-bond acceptors (Lipinski definition) is 2. The lowest BCUT2D eigenvalue weighted by atomic mass is 10.0. The molecule has 316 valence electrons. The van der Waals surface area contributed by atoms with E-state index in [1.165, 1.54) is 289 Å². The Morgan fingerprint density at radius 2 is 0.434 bits per heavy atom. The van der Waals surface area contributed by atoms with Crippen molar-refractivity contribution in [3.63, 3.8) is 0 Å². The molecule has 0 aromatic heterocycles. The van der Waals surface area contributed by atoms with E-state index in [2.05, 4.69) is 43.0 Å². The van der Waals surface area contributed by atoms with Crippen molar-refractivity contribution in [2.24, 2.45) is 0 Å². The smallest absolute Gasteiger partial charge is 0.101 e. The fourth-order valence-electron chi connectivity index (χ4n) is 8.84. The molecule has 0 spiro atoms. The molecule has 1 aliphatic rings. The van der Waals surface area contributed by atoms with Gasteiger partial charge in [-0.3, -0.25) is 0 Å². The van der Waals surface area contributed by atoms with Gasteiger partial charge in [0.15, 0.2) is 0 Å². The van der Waals surface area contributed by atoms with Gasteiger partial charge in [0, 0.05) is 25.5 Å². The van der Waals surface area contributed by atoms with Crippen LogP contribution in [0.1, 0.15) is 297 Å². The first-order valence-electron chi connectivity index (χ1n) is 25.5. The molecule has 0 bridgehead atoms. The molecule has 0 saturated carbocycles. The molecule has 53 heavy (non-hydrogen) atoms. The van der Waals surface area contributed by atoms with Gasteiger partial charge in [-0.2, -0.15) is 0 Å². The van der Waals surface area contributed by atoms with Crippen LogP contribution in [-0.2, 0) is 0 Å². The minimum absolute atomic E-state index is 0.636. The summed E-state index contributed by atoms with van der Waals surface area (Å²) in [5.41, 5.74) is 0. The lowest BCUT2D eigenvalue weighted by Gasteiger charge is -2.33. The Morgan fingerprint density at radius 1 is 0.245 bits per heavy atom. The molecule has 1 unspecified atom stereocenters. The Kier molecular flexibility index (Phi) is 40.4. The normalized spacial score (nSPS) is 14.4. The van der Waals surface area contributed by atoms with Gasteiger partial charge in [-0.05, 0) is 25.7 Å². The lowest BCUT2D eigenvalue weighted by Crippen LogP contribution is -2.39. The van der Waals surface area contributed by atoms with Crippen LogP contribution in [0.4, 0.5) is 0 Å². The number of rotatable bonds is 45. The highest BCUT2D eigenvalue weighted by Gasteiger charge is 2.25. The quantitative estimate of drug-likeness (QED) is 0.0573. The molecule has 1 atom stereocenters. The van der Waals surface area contributed by atoms with Crippen LogP contribution < -0.4 is 0 Å². The second kappa shape index (κ2) is 42.5. The van der Waals surface area contributed by atoms with Gasteiger partial charge in [-0.25, -0.2) is 0 Å². The molecule has 0 N–H and O–H groups in total. The van der Waals surface area contributed by atoms with E-state index in [0.717, 1.165) is 0 Å². The van der Waals surface area contributed by atoms with Crippen molar-refractivity contribution >= 4 is 0 Å². The summed E-state index contributed by atoms with van der Waals surface area (Å²) in [6.07, 6.45) is 67.9. The van der Waals surface area contributed by atoms with E-state index in [-0.39, 0.29) is 0 Å².